The van der Waals surface area contributed by atoms with Crippen LogP contribution in [-0.2, 0) is 11.2 Å². The molecule has 0 saturated carbocycles. The number of thioether (sulfide) groups is 1. The first-order valence-corrected chi connectivity index (χ1v) is 11.6. The predicted molar refractivity (Wildman–Crippen MR) is 124 cm³/mol. The topological polar surface area (TPSA) is 118 Å². The first-order chi connectivity index (χ1) is 15.4. The highest BCUT2D eigenvalue weighted by atomic mass is 32.2. The molecule has 9 nitrogen and oxygen atoms in total. The minimum Gasteiger partial charge on any atom is -0.311 e. The van der Waals surface area contributed by atoms with Gasteiger partial charge in [0.1, 0.15) is 0 Å². The second kappa shape index (κ2) is 9.45. The summed E-state index contributed by atoms with van der Waals surface area (Å²) >= 11 is 2.41. The van der Waals surface area contributed by atoms with E-state index in [-0.39, 0.29) is 33.6 Å². The predicted octanol–water partition coefficient (Wildman–Crippen LogP) is 4.08. The average molecular weight is 470 g/mol. The number of amides is 2. The van der Waals surface area contributed by atoms with Crippen molar-refractivity contribution < 1.29 is 14.5 Å². The van der Waals surface area contributed by atoms with Crippen molar-refractivity contribution in [3.8, 4) is 0 Å². The van der Waals surface area contributed by atoms with Crippen LogP contribution >= 0.6 is 23.1 Å². The number of aromatic nitrogens is 2. The second-order valence-electron chi connectivity index (χ2n) is 7.10. The van der Waals surface area contributed by atoms with Crippen molar-refractivity contribution in [3.63, 3.8) is 0 Å². The molecular weight excluding hydrogens is 450 g/mol. The smallest absolute Gasteiger partial charge is 0.273 e. The normalized spacial score (nSPS) is 12.8. The van der Waals surface area contributed by atoms with Gasteiger partial charge in [-0.2, -0.15) is 0 Å². The van der Waals surface area contributed by atoms with Crippen molar-refractivity contribution in [2.24, 2.45) is 0 Å². The van der Waals surface area contributed by atoms with Gasteiger partial charge in [-0.25, -0.2) is 0 Å². The van der Waals surface area contributed by atoms with Gasteiger partial charge >= 0.3 is 0 Å². The van der Waals surface area contributed by atoms with Crippen LogP contribution in [0.3, 0.4) is 0 Å². The molecule has 1 N–H and O–H groups in total. The maximum atomic E-state index is 12.8. The van der Waals surface area contributed by atoms with E-state index in [9.17, 15) is 19.7 Å². The van der Waals surface area contributed by atoms with Gasteiger partial charge < -0.3 is 4.90 Å². The van der Waals surface area contributed by atoms with Crippen molar-refractivity contribution in [3.05, 3.63) is 69.3 Å². The summed E-state index contributed by atoms with van der Waals surface area (Å²) in [6.07, 6.45) is 1.90. The Balaban J connectivity index is 1.38. The van der Waals surface area contributed by atoms with E-state index in [0.29, 0.717) is 10.9 Å². The number of hydrogen-bond acceptors (Lipinski definition) is 8. The lowest BCUT2D eigenvalue weighted by atomic mass is 10.0. The number of nitro benzene ring substituents is 1. The summed E-state index contributed by atoms with van der Waals surface area (Å²) in [6, 6.07) is 12.3. The van der Waals surface area contributed by atoms with E-state index in [4.69, 9.17) is 0 Å². The van der Waals surface area contributed by atoms with Crippen molar-refractivity contribution >= 4 is 51.4 Å². The molecule has 0 fully saturated rings. The molecule has 3 aromatic rings. The van der Waals surface area contributed by atoms with Gasteiger partial charge in [0.25, 0.3) is 11.6 Å². The third kappa shape index (κ3) is 4.63. The Labute approximate surface area is 192 Å². The van der Waals surface area contributed by atoms with Gasteiger partial charge in [-0.15, -0.1) is 10.2 Å². The Hall–Kier alpha value is -3.31. The van der Waals surface area contributed by atoms with Crippen LogP contribution in [0.15, 0.2) is 46.8 Å². The van der Waals surface area contributed by atoms with Crippen LogP contribution < -0.4 is 10.2 Å². The van der Waals surface area contributed by atoms with E-state index < -0.39 is 10.8 Å². The zero-order valence-corrected chi connectivity index (χ0v) is 18.7. The molecule has 0 bridgehead atoms. The summed E-state index contributed by atoms with van der Waals surface area (Å²) in [5.41, 5.74) is 2.49. The zero-order valence-electron chi connectivity index (χ0n) is 17.1. The standard InChI is InChI=1S/C21H19N5O4S2/c1-13-15(8-4-10-16(13)26(29)30)19(28)22-20-23-24-21(32-20)31-12-18(27)25-11-5-7-14-6-2-3-9-17(14)25/h2-4,6,8-10H,5,7,11-12H2,1H3,(H,22,23,28). The molecule has 32 heavy (non-hydrogen) atoms. The number of nitro groups is 1. The molecule has 164 valence electrons. The highest BCUT2D eigenvalue weighted by molar-refractivity contribution is 8.01. The number of fused-ring (bicyclic) bond motifs is 1. The molecule has 0 aliphatic carbocycles. The summed E-state index contributed by atoms with van der Waals surface area (Å²) < 4.78 is 0.551. The van der Waals surface area contributed by atoms with E-state index in [1.807, 2.05) is 24.3 Å². The molecule has 2 amide bonds. The first kappa shape index (κ1) is 21.9. The fourth-order valence-electron chi connectivity index (χ4n) is 3.54. The minimum atomic E-state index is -0.524. The van der Waals surface area contributed by atoms with Gasteiger partial charge in [0.2, 0.25) is 11.0 Å². The Morgan fingerprint density at radius 3 is 2.84 bits per heavy atom. The van der Waals surface area contributed by atoms with Gasteiger partial charge in [-0.3, -0.25) is 25.0 Å². The molecule has 0 unspecified atom stereocenters. The monoisotopic (exact) mass is 469 g/mol. The lowest BCUT2D eigenvalue weighted by molar-refractivity contribution is -0.385. The molecule has 4 rings (SSSR count). The maximum absolute atomic E-state index is 12.8. The molecule has 2 aromatic carbocycles. The number of aryl methyl sites for hydroxylation is 1. The van der Waals surface area contributed by atoms with Crippen LogP contribution in [-0.4, -0.2) is 39.2 Å². The van der Waals surface area contributed by atoms with E-state index in [2.05, 4.69) is 15.5 Å². The lowest BCUT2D eigenvalue weighted by Crippen LogP contribution is -2.36. The molecule has 1 aliphatic heterocycles. The van der Waals surface area contributed by atoms with Crippen molar-refractivity contribution in [2.75, 3.05) is 22.5 Å². The van der Waals surface area contributed by atoms with E-state index >= 15 is 0 Å². The molecule has 0 radical (unpaired) electrons. The number of nitrogens with one attached hydrogen (secondary N) is 1. The summed E-state index contributed by atoms with van der Waals surface area (Å²) in [7, 11) is 0. The zero-order chi connectivity index (χ0) is 22.7. The van der Waals surface area contributed by atoms with Gasteiger partial charge in [-0.05, 0) is 37.5 Å². The van der Waals surface area contributed by atoms with Crippen molar-refractivity contribution in [2.45, 2.75) is 24.1 Å². The average Bonchev–Trinajstić information content (AvgIpc) is 3.24. The number of hydrogen-bond donors (Lipinski definition) is 1. The van der Waals surface area contributed by atoms with Gasteiger partial charge in [0.15, 0.2) is 4.34 Å². The number of para-hydroxylation sites is 1. The SMILES string of the molecule is Cc1c(C(=O)Nc2nnc(SCC(=O)N3CCCc4ccccc43)s2)cccc1[N+](=O)[O-]. The van der Waals surface area contributed by atoms with E-state index in [1.54, 1.807) is 4.90 Å². The second-order valence-corrected chi connectivity index (χ2v) is 9.30. The first-order valence-electron chi connectivity index (χ1n) is 9.84. The largest absolute Gasteiger partial charge is 0.311 e. The molecular formula is C21H19N5O4S2. The van der Waals surface area contributed by atoms with Crippen molar-refractivity contribution in [1.82, 2.24) is 10.2 Å². The number of benzene rings is 2. The molecule has 11 heteroatoms. The van der Waals surface area contributed by atoms with Crippen molar-refractivity contribution in [1.29, 1.82) is 0 Å². The van der Waals surface area contributed by atoms with E-state index in [0.717, 1.165) is 29.9 Å². The Kier molecular flexibility index (Phi) is 6.47. The molecule has 1 aromatic heterocycles. The fourth-order valence-corrected chi connectivity index (χ4v) is 5.17. The van der Waals surface area contributed by atoms with Crippen LogP contribution in [0.1, 0.15) is 27.9 Å². The van der Waals surface area contributed by atoms with Crippen LogP contribution in [0.25, 0.3) is 0 Å². The Morgan fingerprint density at radius 2 is 2.03 bits per heavy atom. The lowest BCUT2D eigenvalue weighted by Gasteiger charge is -2.29. The number of carbonyl (C=O) groups is 2. The van der Waals surface area contributed by atoms with Gasteiger partial charge in [0, 0.05) is 29.4 Å². The number of anilines is 2. The quantitative estimate of drug-likeness (QED) is 0.250. The fraction of sp³-hybridized carbons (Fsp3) is 0.238. The summed E-state index contributed by atoms with van der Waals surface area (Å²) in [4.78, 5) is 37.7. The maximum Gasteiger partial charge on any atom is 0.273 e. The number of carbonyl (C=O) groups excluding carboxylic acids is 2. The number of nitrogens with zero attached hydrogens (tertiary/aromatic N) is 4. The van der Waals surface area contributed by atoms with Crippen LogP contribution in [0.5, 0.6) is 0 Å². The third-order valence-corrected chi connectivity index (χ3v) is 7.06. The summed E-state index contributed by atoms with van der Waals surface area (Å²) in [5, 5.41) is 22.0. The number of rotatable bonds is 6. The van der Waals surface area contributed by atoms with Crippen LogP contribution in [0, 0.1) is 17.0 Å². The molecule has 0 atom stereocenters. The molecule has 1 aliphatic rings. The summed E-state index contributed by atoms with van der Waals surface area (Å²) in [5.74, 6) is -0.295. The van der Waals surface area contributed by atoms with Crippen LogP contribution in [0.4, 0.5) is 16.5 Å². The molecule has 0 spiro atoms. The van der Waals surface area contributed by atoms with Gasteiger partial charge in [0.05, 0.1) is 10.7 Å². The van der Waals surface area contributed by atoms with E-state index in [1.165, 1.54) is 42.4 Å². The Morgan fingerprint density at radius 1 is 1.22 bits per heavy atom. The minimum absolute atomic E-state index is 0.00449. The third-order valence-electron chi connectivity index (χ3n) is 5.10. The van der Waals surface area contributed by atoms with Gasteiger partial charge in [-0.1, -0.05) is 47.4 Å². The Bertz CT molecular complexity index is 1200. The molecule has 0 saturated heterocycles. The molecule has 2 heterocycles. The summed E-state index contributed by atoms with van der Waals surface area (Å²) in [6.45, 7) is 2.22. The highest BCUT2D eigenvalue weighted by Gasteiger charge is 2.23. The van der Waals surface area contributed by atoms with Crippen LogP contribution in [0.2, 0.25) is 0 Å². The highest BCUT2D eigenvalue weighted by Crippen LogP contribution is 2.30.